The van der Waals surface area contributed by atoms with Gasteiger partial charge in [0.15, 0.2) is 0 Å². The van der Waals surface area contributed by atoms with Crippen molar-refractivity contribution in [3.05, 3.63) is 68.2 Å². The van der Waals surface area contributed by atoms with E-state index in [1.807, 2.05) is 24.3 Å². The van der Waals surface area contributed by atoms with Crippen LogP contribution in [0.1, 0.15) is 11.1 Å². The molecule has 0 aliphatic heterocycles. The maximum Gasteiger partial charge on any atom is 0.265 e. The van der Waals surface area contributed by atoms with E-state index in [1.165, 1.54) is 16.8 Å². The van der Waals surface area contributed by atoms with E-state index in [1.54, 1.807) is 0 Å². The largest absolute Gasteiger partial charge is 0.320 e. The molecule has 0 fully saturated rings. The van der Waals surface area contributed by atoms with Crippen LogP contribution in [0.3, 0.4) is 0 Å². The Labute approximate surface area is 109 Å². The molecule has 0 amide bonds. The van der Waals surface area contributed by atoms with Crippen molar-refractivity contribution in [1.82, 2.24) is 9.78 Å². The molecule has 2 aromatic rings. The lowest BCUT2D eigenvalue weighted by molar-refractivity contribution is 0.626. The predicted octanol–water partition coefficient (Wildman–Crippen LogP) is -0.105. The Hall–Kier alpha value is -2.58. The Morgan fingerprint density at radius 1 is 1.16 bits per heavy atom. The van der Waals surface area contributed by atoms with Crippen molar-refractivity contribution in [2.45, 2.75) is 6.54 Å². The molecule has 5 nitrogen and oxygen atoms in total. The minimum atomic E-state index is -0.315. The van der Waals surface area contributed by atoms with Gasteiger partial charge < -0.3 is 5.73 Å². The molecule has 0 aliphatic carbocycles. The van der Waals surface area contributed by atoms with Crippen LogP contribution in [0, 0.1) is 11.8 Å². The molecule has 0 unspecified atom stereocenters. The number of H-pyrrole nitrogens is 1. The van der Waals surface area contributed by atoms with Crippen LogP contribution in [0.5, 0.6) is 0 Å². The fourth-order valence-corrected chi connectivity index (χ4v) is 1.68. The summed E-state index contributed by atoms with van der Waals surface area (Å²) in [6.07, 6.45) is 0. The van der Waals surface area contributed by atoms with Gasteiger partial charge in [0.05, 0.1) is 13.1 Å². The van der Waals surface area contributed by atoms with Crippen molar-refractivity contribution in [3.63, 3.8) is 0 Å². The van der Waals surface area contributed by atoms with E-state index in [4.69, 9.17) is 5.73 Å². The highest BCUT2D eigenvalue weighted by molar-refractivity contribution is 5.41. The fraction of sp³-hybridized carbons (Fsp3) is 0.143. The van der Waals surface area contributed by atoms with Crippen molar-refractivity contribution < 1.29 is 0 Å². The van der Waals surface area contributed by atoms with Crippen molar-refractivity contribution in [2.24, 2.45) is 5.73 Å². The molecule has 0 radical (unpaired) electrons. The highest BCUT2D eigenvalue weighted by Gasteiger charge is 2.02. The van der Waals surface area contributed by atoms with E-state index < -0.39 is 0 Å². The smallest absolute Gasteiger partial charge is 0.265 e. The van der Waals surface area contributed by atoms with E-state index in [0.29, 0.717) is 0 Å². The number of benzene rings is 1. The standard InChI is InChI=1S/C14H13N3O2/c15-9-3-6-11-4-1-2-5-12(11)10-17-14(19)8-7-13(18)16-17/h1-2,4-5,7-8H,9-10,15H2,(H,16,18). The summed E-state index contributed by atoms with van der Waals surface area (Å²) in [5, 5.41) is 2.48. The summed E-state index contributed by atoms with van der Waals surface area (Å²) in [6.45, 7) is 0.542. The molecule has 0 atom stereocenters. The molecular formula is C14H13N3O2. The number of nitrogens with two attached hydrogens (primary N) is 1. The van der Waals surface area contributed by atoms with E-state index in [9.17, 15) is 9.59 Å². The van der Waals surface area contributed by atoms with Gasteiger partial charge in [0, 0.05) is 17.7 Å². The molecule has 1 aromatic carbocycles. The predicted molar refractivity (Wildman–Crippen MR) is 72.8 cm³/mol. The van der Waals surface area contributed by atoms with Gasteiger partial charge in [-0.1, -0.05) is 30.0 Å². The van der Waals surface area contributed by atoms with Gasteiger partial charge in [0.25, 0.3) is 11.1 Å². The van der Waals surface area contributed by atoms with Crippen molar-refractivity contribution in [1.29, 1.82) is 0 Å². The fourth-order valence-electron chi connectivity index (χ4n) is 1.68. The average Bonchev–Trinajstić information content (AvgIpc) is 2.42. The second kappa shape index (κ2) is 5.85. The maximum absolute atomic E-state index is 11.6. The second-order valence-corrected chi connectivity index (χ2v) is 3.90. The topological polar surface area (TPSA) is 80.9 Å². The van der Waals surface area contributed by atoms with Gasteiger partial charge in [0.1, 0.15) is 0 Å². The molecule has 0 bridgehead atoms. The number of nitrogens with zero attached hydrogens (tertiary/aromatic N) is 1. The summed E-state index contributed by atoms with van der Waals surface area (Å²) < 4.78 is 1.26. The first-order valence-electron chi connectivity index (χ1n) is 5.78. The first-order valence-corrected chi connectivity index (χ1v) is 5.78. The van der Waals surface area contributed by atoms with Gasteiger partial charge in [-0.25, -0.2) is 4.68 Å². The number of hydrogen-bond acceptors (Lipinski definition) is 3. The second-order valence-electron chi connectivity index (χ2n) is 3.90. The molecule has 0 aliphatic rings. The first kappa shape index (κ1) is 12.9. The van der Waals surface area contributed by atoms with Crippen LogP contribution < -0.4 is 16.9 Å². The first-order chi connectivity index (χ1) is 9.20. The van der Waals surface area contributed by atoms with Crippen molar-refractivity contribution in [3.8, 4) is 11.8 Å². The summed E-state index contributed by atoms with van der Waals surface area (Å²) in [5.74, 6) is 5.72. The van der Waals surface area contributed by atoms with Gasteiger partial charge in [-0.3, -0.25) is 14.7 Å². The lowest BCUT2D eigenvalue weighted by atomic mass is 10.1. The summed E-state index contributed by atoms with van der Waals surface area (Å²) in [4.78, 5) is 22.9. The summed E-state index contributed by atoms with van der Waals surface area (Å²) in [5.41, 5.74) is 6.42. The van der Waals surface area contributed by atoms with Gasteiger partial charge in [0.2, 0.25) is 0 Å². The Morgan fingerprint density at radius 3 is 2.74 bits per heavy atom. The minimum Gasteiger partial charge on any atom is -0.320 e. The Balaban J connectivity index is 2.41. The molecular weight excluding hydrogens is 242 g/mol. The van der Waals surface area contributed by atoms with E-state index in [2.05, 4.69) is 16.9 Å². The zero-order valence-electron chi connectivity index (χ0n) is 10.2. The highest BCUT2D eigenvalue weighted by Crippen LogP contribution is 2.07. The van der Waals surface area contributed by atoms with Crippen LogP contribution in [0.25, 0.3) is 0 Å². The van der Waals surface area contributed by atoms with Crippen LogP contribution >= 0.6 is 0 Å². The molecule has 5 heteroatoms. The molecule has 3 N–H and O–H groups in total. The number of nitrogens with one attached hydrogen (secondary N) is 1. The summed E-state index contributed by atoms with van der Waals surface area (Å²) in [7, 11) is 0. The number of aromatic nitrogens is 2. The molecule has 2 rings (SSSR count). The van der Waals surface area contributed by atoms with Gasteiger partial charge >= 0.3 is 0 Å². The third-order valence-electron chi connectivity index (χ3n) is 2.56. The van der Waals surface area contributed by atoms with Crippen LogP contribution in [0.2, 0.25) is 0 Å². The van der Waals surface area contributed by atoms with E-state index >= 15 is 0 Å². The zero-order chi connectivity index (χ0) is 13.7. The third kappa shape index (κ3) is 3.21. The SMILES string of the molecule is NCC#Cc1ccccc1Cn1[nH]c(=O)ccc1=O. The van der Waals surface area contributed by atoms with E-state index in [-0.39, 0.29) is 24.2 Å². The van der Waals surface area contributed by atoms with Crippen LogP contribution in [0.4, 0.5) is 0 Å². The lowest BCUT2D eigenvalue weighted by Gasteiger charge is -2.07. The Bertz CT molecular complexity index is 747. The third-order valence-corrected chi connectivity index (χ3v) is 2.56. The van der Waals surface area contributed by atoms with Gasteiger partial charge in [-0.15, -0.1) is 0 Å². The summed E-state index contributed by atoms with van der Waals surface area (Å²) in [6, 6.07) is 9.88. The zero-order valence-corrected chi connectivity index (χ0v) is 10.2. The average molecular weight is 255 g/mol. The van der Waals surface area contributed by atoms with Crippen molar-refractivity contribution in [2.75, 3.05) is 6.54 Å². The minimum absolute atomic E-state index is 0.263. The Kier molecular flexibility index (Phi) is 3.96. The number of aromatic amines is 1. The molecule has 0 saturated carbocycles. The molecule has 96 valence electrons. The molecule has 0 spiro atoms. The highest BCUT2D eigenvalue weighted by atomic mass is 16.1. The lowest BCUT2D eigenvalue weighted by Crippen LogP contribution is -2.28. The van der Waals surface area contributed by atoms with Gasteiger partial charge in [-0.05, 0) is 11.6 Å². The monoisotopic (exact) mass is 255 g/mol. The quantitative estimate of drug-likeness (QED) is 0.735. The Morgan fingerprint density at radius 2 is 1.95 bits per heavy atom. The maximum atomic E-state index is 11.6. The van der Waals surface area contributed by atoms with Crippen LogP contribution in [-0.4, -0.2) is 16.3 Å². The van der Waals surface area contributed by atoms with Crippen molar-refractivity contribution >= 4 is 0 Å². The molecule has 1 heterocycles. The molecule has 1 aromatic heterocycles. The summed E-state index contributed by atoms with van der Waals surface area (Å²) >= 11 is 0. The van der Waals surface area contributed by atoms with E-state index in [0.717, 1.165) is 11.1 Å². The molecule has 0 saturated heterocycles. The molecule has 19 heavy (non-hydrogen) atoms. The van der Waals surface area contributed by atoms with Crippen LogP contribution in [0.15, 0.2) is 46.0 Å². The normalized spacial score (nSPS) is 9.74. The number of rotatable bonds is 2. The van der Waals surface area contributed by atoms with Gasteiger partial charge in [-0.2, -0.15) is 0 Å². The number of hydrogen-bond donors (Lipinski definition) is 2. The van der Waals surface area contributed by atoms with Crippen LogP contribution in [-0.2, 0) is 6.54 Å².